The van der Waals surface area contributed by atoms with Crippen molar-refractivity contribution in [2.45, 2.75) is 135 Å². The number of amides is 3. The van der Waals surface area contributed by atoms with E-state index in [1.165, 1.54) is 16.2 Å². The number of hydrogen-bond acceptors (Lipinski definition) is 15. The lowest BCUT2D eigenvalue weighted by molar-refractivity contribution is -0.142. The Morgan fingerprint density at radius 3 is 2.39 bits per heavy atom. The van der Waals surface area contributed by atoms with Gasteiger partial charge >= 0.3 is 12.2 Å². The highest BCUT2D eigenvalue weighted by atomic mass is 32.1. The van der Waals surface area contributed by atoms with E-state index >= 15 is 14.2 Å². The number of hydrogen-bond donors (Lipinski definition) is 3. The maximum atomic E-state index is 15.5. The van der Waals surface area contributed by atoms with Crippen molar-refractivity contribution in [3.05, 3.63) is 78.2 Å². The quantitative estimate of drug-likeness (QED) is 0.0346. The lowest BCUT2D eigenvalue weighted by atomic mass is 9.85. The summed E-state index contributed by atoms with van der Waals surface area (Å²) >= 11 is 1.45. The second-order valence-corrected chi connectivity index (χ2v) is 23.1. The monoisotopic (exact) mass is 988 g/mol. The van der Waals surface area contributed by atoms with Crippen molar-refractivity contribution in [1.29, 1.82) is 0 Å². The molecule has 2 saturated carbocycles. The van der Waals surface area contributed by atoms with E-state index in [4.69, 9.17) is 38.2 Å². The zero-order valence-corrected chi connectivity index (χ0v) is 42.4. The number of carbonyl (C=O) groups excluding carboxylic acids is 4. The number of thiazole rings is 1. The summed E-state index contributed by atoms with van der Waals surface area (Å²) in [6.07, 6.45) is 1.88. The van der Waals surface area contributed by atoms with Gasteiger partial charge < -0.3 is 44.5 Å². The molecule has 19 heteroatoms. The van der Waals surface area contributed by atoms with Gasteiger partial charge in [0.15, 0.2) is 5.13 Å². The molecule has 0 bridgehead atoms. The fourth-order valence-electron chi connectivity index (χ4n) is 8.90. The summed E-state index contributed by atoms with van der Waals surface area (Å²) in [4.78, 5) is 67.3. The van der Waals surface area contributed by atoms with E-state index in [1.54, 1.807) is 69.5 Å². The molecule has 3 heterocycles. The van der Waals surface area contributed by atoms with Crippen molar-refractivity contribution in [3.63, 3.8) is 0 Å². The number of carbonyl (C=O) groups is 4. The third kappa shape index (κ3) is 12.2. The van der Waals surface area contributed by atoms with Crippen molar-refractivity contribution < 1.29 is 52.0 Å². The average Bonchev–Trinajstić information content (AvgIpc) is 3.69. The van der Waals surface area contributed by atoms with Gasteiger partial charge in [0.05, 0.1) is 37.1 Å². The summed E-state index contributed by atoms with van der Waals surface area (Å²) in [7, 11) is -2.46. The van der Waals surface area contributed by atoms with Crippen molar-refractivity contribution in [2.75, 3.05) is 25.8 Å². The third-order valence-corrected chi connectivity index (χ3v) is 16.4. The van der Waals surface area contributed by atoms with Crippen LogP contribution in [0, 0.1) is 11.3 Å². The molecule has 2 aromatic carbocycles. The standard InChI is InChI=1S/C50H65N6O11PS/c1-10-33-25-50(33,68(61,27-32-16-12-11-13-17-32)64-29-63-48(60)65-31(4)5)55-44(57)41-23-36(26-56(41)45(58)43(49(6,7)8)54-47(59)67-34-18-14-15-19-34)66-42-24-39(40-28-69-46(53-40)51-30(2)3)52-38-22-35(62-9)20-21-37(38)42/h10-13,16-17,20-22,24,28,30-31,33-34,36,41,43H,1,14-15,18-19,23,25-27,29H2,2-9H3,(H,51,53)(H,54,59)(H,55,57)/t33-,36-,41+,43-,50+,68?/m1/s1. The molecule has 372 valence electrons. The minimum atomic E-state index is -4.03. The fraction of sp³-hybridized carbons (Fsp3) is 0.520. The van der Waals surface area contributed by atoms with Crippen LogP contribution in [0.5, 0.6) is 11.5 Å². The van der Waals surface area contributed by atoms with Crippen molar-refractivity contribution in [2.24, 2.45) is 11.3 Å². The molecule has 1 aliphatic heterocycles. The molecule has 69 heavy (non-hydrogen) atoms. The van der Waals surface area contributed by atoms with Crippen molar-refractivity contribution in [1.82, 2.24) is 25.5 Å². The van der Waals surface area contributed by atoms with Gasteiger partial charge in [-0.05, 0) is 82.9 Å². The lowest BCUT2D eigenvalue weighted by Gasteiger charge is -2.36. The molecule has 3 amide bonds. The van der Waals surface area contributed by atoms with Crippen LogP contribution in [0.15, 0.2) is 72.6 Å². The maximum Gasteiger partial charge on any atom is 0.510 e. The van der Waals surface area contributed by atoms with Crippen LogP contribution >= 0.6 is 18.7 Å². The first-order chi connectivity index (χ1) is 32.8. The topological polar surface area (TPSA) is 206 Å². The first-order valence-electron chi connectivity index (χ1n) is 23.5. The van der Waals surface area contributed by atoms with Gasteiger partial charge in [-0.3, -0.25) is 18.7 Å². The number of rotatable bonds is 19. The van der Waals surface area contributed by atoms with Crippen molar-refractivity contribution >= 4 is 58.8 Å². The number of nitrogens with one attached hydrogen (secondary N) is 3. The van der Waals surface area contributed by atoms with E-state index in [-0.39, 0.29) is 37.7 Å². The van der Waals surface area contributed by atoms with Gasteiger partial charge in [0.2, 0.25) is 26.0 Å². The Bertz CT molecular complexity index is 2540. The molecule has 2 aromatic heterocycles. The van der Waals surface area contributed by atoms with Crippen LogP contribution in [-0.2, 0) is 39.1 Å². The first kappa shape index (κ1) is 51.1. The fourth-order valence-corrected chi connectivity index (χ4v) is 12.6. The number of pyridine rings is 1. The normalized spacial score (nSPS) is 21.6. The summed E-state index contributed by atoms with van der Waals surface area (Å²) < 4.78 is 50.0. The van der Waals surface area contributed by atoms with Crippen LogP contribution in [0.4, 0.5) is 14.7 Å². The van der Waals surface area contributed by atoms with E-state index in [2.05, 4.69) is 22.5 Å². The van der Waals surface area contributed by atoms with E-state index in [1.807, 2.05) is 52.1 Å². The highest BCUT2D eigenvalue weighted by Crippen LogP contribution is 2.73. The number of alkyl carbamates (subject to hydrolysis) is 1. The highest BCUT2D eigenvalue weighted by Gasteiger charge is 2.67. The molecule has 7 rings (SSSR count). The number of nitrogens with zero attached hydrogens (tertiary/aromatic N) is 3. The Kier molecular flexibility index (Phi) is 15.9. The van der Waals surface area contributed by atoms with Gasteiger partial charge in [0.1, 0.15) is 46.8 Å². The number of benzene rings is 2. The number of anilines is 1. The number of methoxy groups -OCH3 is 1. The third-order valence-electron chi connectivity index (χ3n) is 12.5. The molecule has 1 saturated heterocycles. The minimum Gasteiger partial charge on any atom is -0.497 e. The summed E-state index contributed by atoms with van der Waals surface area (Å²) in [5.41, 5.74) is 1.57. The van der Waals surface area contributed by atoms with Crippen molar-refractivity contribution in [3.8, 4) is 22.9 Å². The molecule has 0 radical (unpaired) electrons. The predicted octanol–water partition coefficient (Wildman–Crippen LogP) is 9.65. The Morgan fingerprint density at radius 2 is 1.74 bits per heavy atom. The van der Waals surface area contributed by atoms with Gasteiger partial charge in [0.25, 0.3) is 0 Å². The number of ether oxygens (including phenoxy) is 5. The molecule has 3 fully saturated rings. The Hall–Kier alpha value is -5.71. The van der Waals surface area contributed by atoms with E-state index in [0.29, 0.717) is 39.4 Å². The van der Waals surface area contributed by atoms with E-state index < -0.39 is 79.1 Å². The van der Waals surface area contributed by atoms with Crippen LogP contribution in [0.2, 0.25) is 0 Å². The summed E-state index contributed by atoms with van der Waals surface area (Å²) in [5.74, 6) is -0.626. The molecular formula is C50H65N6O11PS. The molecular weight excluding hydrogens is 924 g/mol. The van der Waals surface area contributed by atoms with E-state index in [0.717, 1.165) is 30.8 Å². The molecule has 4 aromatic rings. The first-order valence-corrected chi connectivity index (χ1v) is 26.2. The Labute approximate surface area is 407 Å². The van der Waals surface area contributed by atoms with Gasteiger partial charge in [-0.15, -0.1) is 17.9 Å². The van der Waals surface area contributed by atoms with Crippen LogP contribution in [0.25, 0.3) is 22.3 Å². The van der Waals surface area contributed by atoms with Gasteiger partial charge in [-0.25, -0.2) is 19.6 Å². The molecule has 0 spiro atoms. The zero-order valence-electron chi connectivity index (χ0n) is 40.7. The van der Waals surface area contributed by atoms with Crippen LogP contribution < -0.4 is 25.4 Å². The van der Waals surface area contributed by atoms with Gasteiger partial charge in [-0.2, -0.15) is 0 Å². The van der Waals surface area contributed by atoms with Crippen LogP contribution in [0.1, 0.15) is 92.6 Å². The second kappa shape index (κ2) is 21.5. The van der Waals surface area contributed by atoms with Gasteiger partial charge in [0, 0.05) is 41.3 Å². The number of aromatic nitrogens is 2. The smallest absolute Gasteiger partial charge is 0.497 e. The highest BCUT2D eigenvalue weighted by molar-refractivity contribution is 7.60. The summed E-state index contributed by atoms with van der Waals surface area (Å²) in [5, 5.41) is 11.1. The molecule has 3 aliphatic rings. The molecule has 2 aliphatic carbocycles. The Morgan fingerprint density at radius 1 is 1.00 bits per heavy atom. The number of likely N-dealkylation sites (tertiary alicyclic amines) is 1. The molecule has 3 N–H and O–H groups in total. The number of fused-ring (bicyclic) bond motifs is 1. The lowest BCUT2D eigenvalue weighted by Crippen LogP contribution is -2.58. The van der Waals surface area contributed by atoms with Gasteiger partial charge in [-0.1, -0.05) is 57.2 Å². The molecule has 6 atom stereocenters. The second-order valence-electron chi connectivity index (χ2n) is 19.5. The average molecular weight is 989 g/mol. The molecule has 1 unspecified atom stereocenters. The largest absolute Gasteiger partial charge is 0.510 e. The summed E-state index contributed by atoms with van der Waals surface area (Å²) in [6.45, 7) is 16.1. The SMILES string of the molecule is C=C[C@@H]1C[C@]1(NC(=O)[C@@H]1C[C@@H](Oc2cc(-c3csc(NC(C)C)n3)nc3cc(OC)ccc23)CN1C(=O)[C@@H](NC(=O)OC1CCCC1)C(C)(C)C)P(=O)(Cc1ccccc1)OCOC(=O)OC(C)C. The summed E-state index contributed by atoms with van der Waals surface area (Å²) in [6, 6.07) is 14.1. The van der Waals surface area contributed by atoms with Crippen LogP contribution in [0.3, 0.4) is 0 Å². The molecule has 17 nitrogen and oxygen atoms in total. The minimum absolute atomic E-state index is 0.0122. The predicted molar refractivity (Wildman–Crippen MR) is 263 cm³/mol. The zero-order chi connectivity index (χ0) is 49.7. The Balaban J connectivity index is 1.24. The van der Waals surface area contributed by atoms with E-state index in [9.17, 15) is 9.59 Å². The maximum absolute atomic E-state index is 15.5. The van der Waals surface area contributed by atoms with Crippen LogP contribution in [-0.4, -0.2) is 101 Å².